The minimum Gasteiger partial charge on any atom is -0.396 e. The van der Waals surface area contributed by atoms with Crippen LogP contribution in [0.15, 0.2) is 16.6 Å². The Balaban J connectivity index is 2.68. The summed E-state index contributed by atoms with van der Waals surface area (Å²) in [5.41, 5.74) is 1.46. The Hall–Kier alpha value is -1.14. The van der Waals surface area contributed by atoms with Crippen LogP contribution in [0.3, 0.4) is 0 Å². The molecule has 100 valence electrons. The number of rotatable bonds is 7. The van der Waals surface area contributed by atoms with Crippen LogP contribution in [0.25, 0.3) is 0 Å². The summed E-state index contributed by atoms with van der Waals surface area (Å²) in [4.78, 5) is 10.6. The van der Waals surface area contributed by atoms with E-state index in [0.717, 1.165) is 29.3 Å². The van der Waals surface area contributed by atoms with E-state index in [1.54, 1.807) is 12.1 Å². The summed E-state index contributed by atoms with van der Waals surface area (Å²) in [5.74, 6) is 0. The van der Waals surface area contributed by atoms with Gasteiger partial charge in [-0.1, -0.05) is 15.9 Å². The zero-order chi connectivity index (χ0) is 13.5. The van der Waals surface area contributed by atoms with Crippen LogP contribution in [0.4, 0.5) is 11.4 Å². The van der Waals surface area contributed by atoms with E-state index in [1.165, 1.54) is 0 Å². The lowest BCUT2D eigenvalue weighted by molar-refractivity contribution is -0.384. The van der Waals surface area contributed by atoms with Gasteiger partial charge in [-0.2, -0.15) is 0 Å². The van der Waals surface area contributed by atoms with Gasteiger partial charge in [0.2, 0.25) is 0 Å². The molecule has 0 aliphatic rings. The standard InChI is InChI=1S/C12H17BrN2O3/c1-9-7-12(15(17)18)11(8-10(9)13)14-5-3-2-4-6-16/h7-8,14,16H,2-6H2,1H3. The summed E-state index contributed by atoms with van der Waals surface area (Å²) < 4.78 is 0.853. The van der Waals surface area contributed by atoms with Crippen molar-refractivity contribution in [3.8, 4) is 0 Å². The quantitative estimate of drug-likeness (QED) is 0.460. The maximum atomic E-state index is 10.9. The van der Waals surface area contributed by atoms with Crippen LogP contribution >= 0.6 is 15.9 Å². The summed E-state index contributed by atoms with van der Waals surface area (Å²) >= 11 is 3.37. The van der Waals surface area contributed by atoms with Gasteiger partial charge in [0.15, 0.2) is 0 Å². The number of unbranched alkanes of at least 4 members (excludes halogenated alkanes) is 2. The van der Waals surface area contributed by atoms with Crippen molar-refractivity contribution in [3.05, 3.63) is 32.3 Å². The molecule has 0 fully saturated rings. The first-order chi connectivity index (χ1) is 8.56. The molecule has 2 N–H and O–H groups in total. The molecule has 0 aliphatic heterocycles. The second-order valence-electron chi connectivity index (χ2n) is 4.09. The molecule has 0 saturated heterocycles. The van der Waals surface area contributed by atoms with E-state index in [4.69, 9.17) is 5.11 Å². The van der Waals surface area contributed by atoms with Gasteiger partial charge in [0.25, 0.3) is 5.69 Å². The van der Waals surface area contributed by atoms with E-state index >= 15 is 0 Å². The Morgan fingerprint density at radius 1 is 1.39 bits per heavy atom. The smallest absolute Gasteiger partial charge is 0.292 e. The number of anilines is 1. The number of aliphatic hydroxyl groups is 1. The van der Waals surface area contributed by atoms with Crippen molar-refractivity contribution in [1.29, 1.82) is 0 Å². The molecule has 5 nitrogen and oxygen atoms in total. The first kappa shape index (κ1) is 14.9. The number of halogens is 1. The molecule has 0 atom stereocenters. The number of aryl methyl sites for hydroxylation is 1. The minimum atomic E-state index is -0.379. The van der Waals surface area contributed by atoms with Crippen LogP contribution in [0.2, 0.25) is 0 Å². The molecule has 0 aliphatic carbocycles. The molecule has 1 aromatic carbocycles. The highest BCUT2D eigenvalue weighted by Crippen LogP contribution is 2.30. The number of nitro groups is 1. The van der Waals surface area contributed by atoms with Gasteiger partial charge < -0.3 is 10.4 Å². The predicted octanol–water partition coefficient (Wildman–Crippen LogP) is 3.24. The van der Waals surface area contributed by atoms with E-state index in [-0.39, 0.29) is 17.2 Å². The van der Waals surface area contributed by atoms with Crippen molar-refractivity contribution in [2.75, 3.05) is 18.5 Å². The van der Waals surface area contributed by atoms with Crippen molar-refractivity contribution in [1.82, 2.24) is 0 Å². The zero-order valence-electron chi connectivity index (χ0n) is 10.3. The number of hydrogen-bond donors (Lipinski definition) is 2. The molecule has 0 aromatic heterocycles. The van der Waals surface area contributed by atoms with Gasteiger partial charge in [0.05, 0.1) is 4.92 Å². The fourth-order valence-electron chi connectivity index (χ4n) is 1.60. The maximum absolute atomic E-state index is 10.9. The number of nitrogens with one attached hydrogen (secondary N) is 1. The van der Waals surface area contributed by atoms with Crippen molar-refractivity contribution in [2.45, 2.75) is 26.2 Å². The summed E-state index contributed by atoms with van der Waals surface area (Å²) in [6.07, 6.45) is 2.55. The Labute approximate surface area is 114 Å². The van der Waals surface area contributed by atoms with Gasteiger partial charge in [0.1, 0.15) is 5.69 Å². The number of nitrogens with zero attached hydrogens (tertiary/aromatic N) is 1. The average molecular weight is 317 g/mol. The number of benzene rings is 1. The minimum absolute atomic E-state index is 0.0952. The lowest BCUT2D eigenvalue weighted by Crippen LogP contribution is -2.05. The summed E-state index contributed by atoms with van der Waals surface area (Å²) in [5, 5.41) is 22.7. The summed E-state index contributed by atoms with van der Waals surface area (Å²) in [6, 6.07) is 3.29. The average Bonchev–Trinajstić information content (AvgIpc) is 2.32. The van der Waals surface area contributed by atoms with E-state index in [0.29, 0.717) is 12.2 Å². The van der Waals surface area contributed by atoms with Crippen LogP contribution in [0, 0.1) is 17.0 Å². The molecule has 0 heterocycles. The van der Waals surface area contributed by atoms with E-state index in [9.17, 15) is 10.1 Å². The molecule has 0 bridgehead atoms. The number of nitro benzene ring substituents is 1. The van der Waals surface area contributed by atoms with Crippen LogP contribution in [-0.4, -0.2) is 23.2 Å². The molecular weight excluding hydrogens is 300 g/mol. The zero-order valence-corrected chi connectivity index (χ0v) is 11.9. The van der Waals surface area contributed by atoms with Crippen LogP contribution in [0.5, 0.6) is 0 Å². The first-order valence-electron chi connectivity index (χ1n) is 5.85. The SMILES string of the molecule is Cc1cc([N+](=O)[O-])c(NCCCCCO)cc1Br. The van der Waals surface area contributed by atoms with Gasteiger partial charge in [0, 0.05) is 23.7 Å². The fraction of sp³-hybridized carbons (Fsp3) is 0.500. The second kappa shape index (κ2) is 7.33. The third kappa shape index (κ3) is 4.27. The van der Waals surface area contributed by atoms with Crippen molar-refractivity contribution >= 4 is 27.3 Å². The van der Waals surface area contributed by atoms with Gasteiger partial charge in [-0.25, -0.2) is 0 Å². The molecule has 0 unspecified atom stereocenters. The molecule has 1 aromatic rings. The highest BCUT2D eigenvalue weighted by molar-refractivity contribution is 9.10. The van der Waals surface area contributed by atoms with E-state index in [1.807, 2.05) is 6.92 Å². The second-order valence-corrected chi connectivity index (χ2v) is 4.94. The van der Waals surface area contributed by atoms with Crippen molar-refractivity contribution < 1.29 is 10.0 Å². The highest BCUT2D eigenvalue weighted by Gasteiger charge is 2.15. The molecule has 1 rings (SSSR count). The van der Waals surface area contributed by atoms with Crippen molar-refractivity contribution in [3.63, 3.8) is 0 Å². The van der Waals surface area contributed by atoms with Gasteiger partial charge in [-0.3, -0.25) is 10.1 Å². The first-order valence-corrected chi connectivity index (χ1v) is 6.65. The van der Waals surface area contributed by atoms with Gasteiger partial charge >= 0.3 is 0 Å². The summed E-state index contributed by atoms with van der Waals surface area (Å²) in [7, 11) is 0. The van der Waals surface area contributed by atoms with E-state index in [2.05, 4.69) is 21.2 Å². The molecule has 6 heteroatoms. The third-order valence-electron chi connectivity index (χ3n) is 2.62. The molecule has 0 amide bonds. The van der Waals surface area contributed by atoms with Crippen molar-refractivity contribution in [2.24, 2.45) is 0 Å². The third-order valence-corrected chi connectivity index (χ3v) is 3.48. The monoisotopic (exact) mass is 316 g/mol. The summed E-state index contributed by atoms with van der Waals surface area (Å²) in [6.45, 7) is 2.68. The van der Waals surface area contributed by atoms with Crippen LogP contribution < -0.4 is 5.32 Å². The van der Waals surface area contributed by atoms with Gasteiger partial charge in [-0.05, 0) is 37.8 Å². The molecule has 0 radical (unpaired) electrons. The maximum Gasteiger partial charge on any atom is 0.292 e. The predicted molar refractivity (Wildman–Crippen MR) is 75.0 cm³/mol. The molecular formula is C12H17BrN2O3. The molecule has 0 spiro atoms. The number of hydrogen-bond acceptors (Lipinski definition) is 4. The Bertz CT molecular complexity index is 424. The normalized spacial score (nSPS) is 10.4. The highest BCUT2D eigenvalue weighted by atomic mass is 79.9. The topological polar surface area (TPSA) is 75.4 Å². The lowest BCUT2D eigenvalue weighted by Gasteiger charge is -2.09. The largest absolute Gasteiger partial charge is 0.396 e. The van der Waals surface area contributed by atoms with Gasteiger partial charge in [-0.15, -0.1) is 0 Å². The lowest BCUT2D eigenvalue weighted by atomic mass is 10.2. The molecule has 18 heavy (non-hydrogen) atoms. The Morgan fingerprint density at radius 2 is 2.11 bits per heavy atom. The Kier molecular flexibility index (Phi) is 6.07. The van der Waals surface area contributed by atoms with Crippen LogP contribution in [0.1, 0.15) is 24.8 Å². The van der Waals surface area contributed by atoms with Crippen LogP contribution in [-0.2, 0) is 0 Å². The fourth-order valence-corrected chi connectivity index (χ4v) is 1.94. The number of aliphatic hydroxyl groups excluding tert-OH is 1. The Morgan fingerprint density at radius 3 is 2.72 bits per heavy atom. The molecule has 0 saturated carbocycles. The van der Waals surface area contributed by atoms with E-state index < -0.39 is 0 Å².